The van der Waals surface area contributed by atoms with Gasteiger partial charge in [-0.15, -0.1) is 0 Å². The van der Waals surface area contributed by atoms with E-state index in [0.29, 0.717) is 23.4 Å². The van der Waals surface area contributed by atoms with Gasteiger partial charge >= 0.3 is 17.0 Å². The third kappa shape index (κ3) is 8.53. The van der Waals surface area contributed by atoms with E-state index in [4.69, 9.17) is 4.74 Å². The van der Waals surface area contributed by atoms with Crippen molar-refractivity contribution in [3.63, 3.8) is 0 Å². The molecule has 48 heavy (non-hydrogen) atoms. The molecule has 3 amide bonds. The molecule has 0 unspecified atom stereocenters. The van der Waals surface area contributed by atoms with Crippen LogP contribution in [0.4, 0.5) is 16.2 Å². The number of nitro benzene ring substituents is 1. The van der Waals surface area contributed by atoms with Crippen LogP contribution in [0.2, 0.25) is 0 Å². The van der Waals surface area contributed by atoms with Crippen LogP contribution in [0.1, 0.15) is 45.9 Å². The third-order valence-electron chi connectivity index (χ3n) is 7.31. The van der Waals surface area contributed by atoms with E-state index in [-0.39, 0.29) is 30.5 Å². The Bertz CT molecular complexity index is 1930. The van der Waals surface area contributed by atoms with Gasteiger partial charge in [-0.2, -0.15) is 4.40 Å². The normalized spacial score (nSPS) is 11.7. The van der Waals surface area contributed by atoms with Crippen molar-refractivity contribution in [1.29, 1.82) is 0 Å². The minimum Gasteiger partial charge on any atom is -0.508 e. The number of hydrogen-bond donors (Lipinski definition) is 4. The molecule has 14 heteroatoms. The number of non-ortho nitro benzene ring substituents is 1. The lowest BCUT2D eigenvalue weighted by Crippen LogP contribution is -2.49. The highest BCUT2D eigenvalue weighted by Gasteiger charge is 2.25. The number of urea groups is 1. The Kier molecular flexibility index (Phi) is 10.3. The topological polar surface area (TPSA) is 169 Å². The quantitative estimate of drug-likeness (QED) is 0.0635. The van der Waals surface area contributed by atoms with E-state index in [9.17, 15) is 29.6 Å². The largest absolute Gasteiger partial charge is 0.508 e. The highest BCUT2D eigenvalue weighted by Crippen LogP contribution is 2.20. The monoisotopic (exact) mass is 671 g/mol. The van der Waals surface area contributed by atoms with Gasteiger partial charge in [0, 0.05) is 29.1 Å². The summed E-state index contributed by atoms with van der Waals surface area (Å²) in [6.45, 7) is 6.07. The molecule has 0 bridgehead atoms. The number of aryl methyl sites for hydroxylation is 1. The zero-order valence-corrected chi connectivity index (χ0v) is 27.3. The standard InChI is InChI=1S/C34H34N6O7S/c1-21(2)47-32(43)25-8-10-26(11-9-25)36-33(44)37-30(16-23-6-14-29(41)15-7-23)31(42)35-17-28-20-38-18-22(3)48-34(38)39(28)19-24-4-12-27(13-5-24)40(45)46/h4-15,18,20-21,30H,16-17,19H2,1-3H3,(H3-,35,36,37,41,42,43,44)/p+1/t30-/m0/s1. The van der Waals surface area contributed by atoms with E-state index < -0.39 is 28.9 Å². The molecule has 5 rings (SSSR count). The van der Waals surface area contributed by atoms with Gasteiger partial charge in [-0.05, 0) is 80.4 Å². The minimum atomic E-state index is -0.982. The van der Waals surface area contributed by atoms with Crippen LogP contribution in [0.5, 0.6) is 5.75 Å². The second-order valence-electron chi connectivity index (χ2n) is 11.4. The molecule has 4 N–H and O–H groups in total. The average molecular weight is 672 g/mol. The van der Waals surface area contributed by atoms with Crippen LogP contribution < -0.4 is 20.4 Å². The first kappa shape index (κ1) is 33.6. The summed E-state index contributed by atoms with van der Waals surface area (Å²) in [5.41, 5.74) is 3.11. The Morgan fingerprint density at radius 2 is 1.65 bits per heavy atom. The zero-order valence-electron chi connectivity index (χ0n) is 26.5. The molecule has 13 nitrogen and oxygen atoms in total. The first-order valence-corrected chi connectivity index (χ1v) is 15.9. The number of phenolic OH excluding ortho intramolecular Hbond substituents is 1. The molecule has 0 aliphatic rings. The van der Waals surface area contributed by atoms with Crippen molar-refractivity contribution in [2.45, 2.75) is 52.4 Å². The second-order valence-corrected chi connectivity index (χ2v) is 12.6. The lowest BCUT2D eigenvalue weighted by molar-refractivity contribution is -0.506. The SMILES string of the molecule is Cc1c[n+]2cc(CNC(=O)[C@H](Cc3ccc(O)cc3)NC(=O)Nc3ccc(C(=O)OC(C)C)cc3)n(Cc3ccc([N+](=O)[O-])cc3)c2s1. The number of carbonyl (C=O) groups is 3. The third-order valence-corrected chi connectivity index (χ3v) is 8.35. The summed E-state index contributed by atoms with van der Waals surface area (Å²) in [5, 5.41) is 29.2. The van der Waals surface area contributed by atoms with Crippen LogP contribution in [0, 0.1) is 17.0 Å². The number of benzene rings is 3. The summed E-state index contributed by atoms with van der Waals surface area (Å²) >= 11 is 1.58. The number of nitrogens with one attached hydrogen (secondary N) is 3. The number of rotatable bonds is 12. The second kappa shape index (κ2) is 14.8. The number of nitro groups is 1. The van der Waals surface area contributed by atoms with Gasteiger partial charge in [-0.1, -0.05) is 23.5 Å². The highest BCUT2D eigenvalue weighted by molar-refractivity contribution is 7.16. The molecule has 0 aliphatic carbocycles. The van der Waals surface area contributed by atoms with Gasteiger partial charge in [0.1, 0.15) is 30.7 Å². The van der Waals surface area contributed by atoms with E-state index in [2.05, 4.69) is 16.0 Å². The number of thiazole rings is 1. The van der Waals surface area contributed by atoms with E-state index in [1.54, 1.807) is 61.6 Å². The molecular weight excluding hydrogens is 636 g/mol. The van der Waals surface area contributed by atoms with E-state index in [1.807, 2.05) is 28.3 Å². The molecule has 2 heterocycles. The number of nitrogens with zero attached hydrogens (tertiary/aromatic N) is 3. The predicted octanol–water partition coefficient (Wildman–Crippen LogP) is 4.87. The van der Waals surface area contributed by atoms with Crippen LogP contribution in [-0.2, 0) is 29.0 Å². The number of amides is 3. The molecular formula is C34H35N6O7S+. The van der Waals surface area contributed by atoms with Gasteiger partial charge in [-0.3, -0.25) is 14.9 Å². The van der Waals surface area contributed by atoms with Crippen LogP contribution in [0.15, 0.2) is 85.2 Å². The van der Waals surface area contributed by atoms with E-state index in [1.165, 1.54) is 36.4 Å². The molecule has 0 saturated heterocycles. The lowest BCUT2D eigenvalue weighted by atomic mass is 10.0. The maximum atomic E-state index is 13.6. The first-order chi connectivity index (χ1) is 22.9. The highest BCUT2D eigenvalue weighted by atomic mass is 32.1. The Balaban J connectivity index is 1.31. The molecule has 0 fully saturated rings. The van der Waals surface area contributed by atoms with Gasteiger partial charge in [0.2, 0.25) is 5.91 Å². The molecule has 0 aliphatic heterocycles. The van der Waals surface area contributed by atoms with Gasteiger partial charge in [0.05, 0.1) is 23.1 Å². The van der Waals surface area contributed by atoms with Crippen LogP contribution in [0.25, 0.3) is 4.96 Å². The van der Waals surface area contributed by atoms with Crippen molar-refractivity contribution in [3.05, 3.63) is 123 Å². The molecule has 3 aromatic carbocycles. The number of esters is 1. The molecule has 0 saturated carbocycles. The van der Waals surface area contributed by atoms with E-state index in [0.717, 1.165) is 21.1 Å². The van der Waals surface area contributed by atoms with Crippen molar-refractivity contribution < 1.29 is 33.6 Å². The number of imidazole rings is 1. The summed E-state index contributed by atoms with van der Waals surface area (Å²) in [6, 6.07) is 17.3. The maximum Gasteiger partial charge on any atom is 0.346 e. The summed E-state index contributed by atoms with van der Waals surface area (Å²) in [6.07, 6.45) is 3.78. The molecule has 0 spiro atoms. The minimum absolute atomic E-state index is 0.00444. The molecule has 1 atom stereocenters. The van der Waals surface area contributed by atoms with Gasteiger partial charge < -0.3 is 25.8 Å². The summed E-state index contributed by atoms with van der Waals surface area (Å²) < 4.78 is 9.21. The van der Waals surface area contributed by atoms with Crippen molar-refractivity contribution in [2.24, 2.45) is 0 Å². The molecule has 248 valence electrons. The predicted molar refractivity (Wildman–Crippen MR) is 179 cm³/mol. The number of phenols is 1. The Morgan fingerprint density at radius 1 is 0.979 bits per heavy atom. The molecule has 2 aromatic heterocycles. The van der Waals surface area contributed by atoms with Crippen molar-refractivity contribution in [2.75, 3.05) is 5.32 Å². The average Bonchev–Trinajstić information content (AvgIpc) is 3.56. The van der Waals surface area contributed by atoms with Crippen molar-refractivity contribution >= 4 is 45.6 Å². The van der Waals surface area contributed by atoms with Crippen molar-refractivity contribution in [3.8, 4) is 5.75 Å². The first-order valence-electron chi connectivity index (χ1n) is 15.1. The number of carbonyl (C=O) groups excluding carboxylic acids is 3. The van der Waals surface area contributed by atoms with Gasteiger partial charge in [-0.25, -0.2) is 14.2 Å². The van der Waals surface area contributed by atoms with E-state index >= 15 is 0 Å². The number of fused-ring (bicyclic) bond motifs is 1. The number of aromatic hydroxyl groups is 1. The van der Waals surface area contributed by atoms with Crippen molar-refractivity contribution in [1.82, 2.24) is 15.2 Å². The Labute approximate surface area is 280 Å². The smallest absolute Gasteiger partial charge is 0.346 e. The number of aromatic nitrogens is 2. The Morgan fingerprint density at radius 3 is 2.29 bits per heavy atom. The summed E-state index contributed by atoms with van der Waals surface area (Å²) in [4.78, 5) is 51.5. The number of hydrogen-bond acceptors (Lipinski definition) is 8. The van der Waals surface area contributed by atoms with Crippen LogP contribution >= 0.6 is 11.3 Å². The molecule has 0 radical (unpaired) electrons. The fourth-order valence-corrected chi connectivity index (χ4v) is 5.96. The Hall–Kier alpha value is -5.76. The molecule has 5 aromatic rings. The summed E-state index contributed by atoms with van der Waals surface area (Å²) in [5.74, 6) is -0.829. The number of anilines is 1. The fourth-order valence-electron chi connectivity index (χ4n) is 5.01. The lowest BCUT2D eigenvalue weighted by Gasteiger charge is -2.19. The fraction of sp³-hybridized carbons (Fsp3) is 0.235. The summed E-state index contributed by atoms with van der Waals surface area (Å²) in [7, 11) is 0. The maximum absolute atomic E-state index is 13.6. The zero-order chi connectivity index (χ0) is 34.4. The van der Waals surface area contributed by atoms with Crippen LogP contribution in [-0.4, -0.2) is 44.7 Å². The van der Waals surface area contributed by atoms with Gasteiger partial charge in [0.15, 0.2) is 5.69 Å². The van der Waals surface area contributed by atoms with Gasteiger partial charge in [0.25, 0.3) is 5.69 Å². The van der Waals surface area contributed by atoms with Crippen LogP contribution in [0.3, 0.4) is 0 Å². The number of ether oxygens (including phenoxy) is 1.